The lowest BCUT2D eigenvalue weighted by Gasteiger charge is -2.33. The zero-order valence-corrected chi connectivity index (χ0v) is 16.6. The van der Waals surface area contributed by atoms with Gasteiger partial charge in [-0.3, -0.25) is 4.79 Å². The number of aldehydes is 1. The largest absolute Gasteiger partial charge is 0.493 e. The Kier molecular flexibility index (Phi) is 6.07. The number of amides is 1. The molecule has 150 valence electrons. The van der Waals surface area contributed by atoms with E-state index in [-0.39, 0.29) is 6.09 Å². The molecule has 2 aromatic rings. The second-order valence-corrected chi connectivity index (χ2v) is 8.04. The van der Waals surface area contributed by atoms with Crippen LogP contribution in [0.5, 0.6) is 5.75 Å². The number of ether oxygens (including phenoxy) is 2. The van der Waals surface area contributed by atoms with E-state index in [0.29, 0.717) is 43.4 Å². The maximum Gasteiger partial charge on any atom is 0.410 e. The van der Waals surface area contributed by atoms with Gasteiger partial charge in [-0.15, -0.1) is 0 Å². The number of rotatable bonds is 5. The number of nitrogens with zero attached hydrogens (tertiary/aromatic N) is 1. The number of hydrogen-bond donors (Lipinski definition) is 0. The molecule has 1 amide bonds. The van der Waals surface area contributed by atoms with Crippen molar-refractivity contribution >= 4 is 12.4 Å². The SMILES string of the molecule is CC(C)(C)OC(=O)N1CCC(COc2ccccc2-c2ccc(C=O)o2)CC1. The summed E-state index contributed by atoms with van der Waals surface area (Å²) >= 11 is 0. The third kappa shape index (κ3) is 5.15. The minimum atomic E-state index is -0.476. The molecule has 1 saturated heterocycles. The minimum absolute atomic E-state index is 0.249. The van der Waals surface area contributed by atoms with Crippen LogP contribution in [0.2, 0.25) is 0 Å². The van der Waals surface area contributed by atoms with Gasteiger partial charge in [-0.05, 0) is 63.8 Å². The van der Waals surface area contributed by atoms with Crippen molar-refractivity contribution in [3.05, 3.63) is 42.2 Å². The normalized spacial score (nSPS) is 15.3. The molecule has 0 atom stereocenters. The van der Waals surface area contributed by atoms with Gasteiger partial charge in [0.15, 0.2) is 12.0 Å². The summed E-state index contributed by atoms with van der Waals surface area (Å²) in [5, 5.41) is 0. The van der Waals surface area contributed by atoms with Gasteiger partial charge < -0.3 is 18.8 Å². The molecule has 0 spiro atoms. The van der Waals surface area contributed by atoms with Crippen LogP contribution < -0.4 is 4.74 Å². The van der Waals surface area contributed by atoms with E-state index in [1.165, 1.54) is 0 Å². The lowest BCUT2D eigenvalue weighted by atomic mass is 9.98. The van der Waals surface area contributed by atoms with Crippen molar-refractivity contribution in [2.75, 3.05) is 19.7 Å². The number of para-hydroxylation sites is 1. The van der Waals surface area contributed by atoms with E-state index in [2.05, 4.69) is 0 Å². The maximum atomic E-state index is 12.2. The molecular formula is C22H27NO5. The van der Waals surface area contributed by atoms with Gasteiger partial charge in [0.25, 0.3) is 0 Å². The van der Waals surface area contributed by atoms with Gasteiger partial charge >= 0.3 is 6.09 Å². The molecule has 0 bridgehead atoms. The van der Waals surface area contributed by atoms with Gasteiger partial charge in [-0.1, -0.05) is 12.1 Å². The molecule has 1 aromatic carbocycles. The highest BCUT2D eigenvalue weighted by atomic mass is 16.6. The van der Waals surface area contributed by atoms with Crippen LogP contribution in [-0.4, -0.2) is 42.6 Å². The molecule has 1 aliphatic heterocycles. The van der Waals surface area contributed by atoms with Gasteiger partial charge in [-0.25, -0.2) is 4.79 Å². The summed E-state index contributed by atoms with van der Waals surface area (Å²) in [5.41, 5.74) is 0.345. The van der Waals surface area contributed by atoms with Crippen LogP contribution in [0.25, 0.3) is 11.3 Å². The topological polar surface area (TPSA) is 69.0 Å². The van der Waals surface area contributed by atoms with Crippen LogP contribution in [-0.2, 0) is 4.74 Å². The van der Waals surface area contributed by atoms with E-state index >= 15 is 0 Å². The van der Waals surface area contributed by atoms with Crippen LogP contribution in [0.1, 0.15) is 44.2 Å². The van der Waals surface area contributed by atoms with Gasteiger partial charge in [0.1, 0.15) is 17.1 Å². The van der Waals surface area contributed by atoms with Crippen molar-refractivity contribution < 1.29 is 23.5 Å². The summed E-state index contributed by atoms with van der Waals surface area (Å²) in [6.07, 6.45) is 2.18. The number of carbonyl (C=O) groups excluding carboxylic acids is 2. The quantitative estimate of drug-likeness (QED) is 0.693. The first-order valence-corrected chi connectivity index (χ1v) is 9.61. The zero-order chi connectivity index (χ0) is 20.1. The number of hydrogen-bond acceptors (Lipinski definition) is 5. The molecule has 0 radical (unpaired) electrons. The van der Waals surface area contributed by atoms with Crippen molar-refractivity contribution in [3.8, 4) is 17.1 Å². The van der Waals surface area contributed by atoms with E-state index in [1.54, 1.807) is 17.0 Å². The average Bonchev–Trinajstić information content (AvgIpc) is 3.15. The fourth-order valence-corrected chi connectivity index (χ4v) is 3.17. The fourth-order valence-electron chi connectivity index (χ4n) is 3.17. The van der Waals surface area contributed by atoms with E-state index in [0.717, 1.165) is 24.2 Å². The smallest absolute Gasteiger partial charge is 0.410 e. The van der Waals surface area contributed by atoms with E-state index in [4.69, 9.17) is 13.9 Å². The van der Waals surface area contributed by atoms with E-state index in [9.17, 15) is 9.59 Å². The molecule has 0 N–H and O–H groups in total. The number of likely N-dealkylation sites (tertiary alicyclic amines) is 1. The lowest BCUT2D eigenvalue weighted by Crippen LogP contribution is -2.42. The van der Waals surface area contributed by atoms with Crippen LogP contribution in [0.3, 0.4) is 0 Å². The Morgan fingerprint density at radius 3 is 2.54 bits per heavy atom. The number of piperidine rings is 1. The Hall–Kier alpha value is -2.76. The predicted octanol–water partition coefficient (Wildman–Crippen LogP) is 4.79. The summed E-state index contributed by atoms with van der Waals surface area (Å²) in [6, 6.07) is 11.0. The Bertz CT molecular complexity index is 812. The maximum absolute atomic E-state index is 12.2. The number of carbonyl (C=O) groups is 2. The summed E-state index contributed by atoms with van der Waals surface area (Å²) in [6.45, 7) is 7.54. The molecule has 1 aliphatic rings. The molecule has 6 heteroatoms. The standard InChI is InChI=1S/C22H27NO5/c1-22(2,3)28-21(25)23-12-10-16(11-13-23)15-26-19-7-5-4-6-18(19)20-9-8-17(14-24)27-20/h4-9,14,16H,10-13,15H2,1-3H3. The van der Waals surface area contributed by atoms with Crippen molar-refractivity contribution in [2.45, 2.75) is 39.2 Å². The first kappa shape index (κ1) is 20.0. The highest BCUT2D eigenvalue weighted by Crippen LogP contribution is 2.32. The molecule has 6 nitrogen and oxygen atoms in total. The highest BCUT2D eigenvalue weighted by Gasteiger charge is 2.27. The Morgan fingerprint density at radius 1 is 1.18 bits per heavy atom. The number of furan rings is 1. The Balaban J connectivity index is 1.55. The van der Waals surface area contributed by atoms with Crippen LogP contribution in [0, 0.1) is 5.92 Å². The molecule has 28 heavy (non-hydrogen) atoms. The highest BCUT2D eigenvalue weighted by molar-refractivity contribution is 5.74. The first-order chi connectivity index (χ1) is 13.4. The van der Waals surface area contributed by atoms with Crippen LogP contribution in [0.4, 0.5) is 4.79 Å². The summed E-state index contributed by atoms with van der Waals surface area (Å²) in [5.74, 6) is 1.99. The first-order valence-electron chi connectivity index (χ1n) is 9.61. The monoisotopic (exact) mass is 385 g/mol. The molecule has 0 unspecified atom stereocenters. The fraction of sp³-hybridized carbons (Fsp3) is 0.455. The Labute approximate surface area is 165 Å². The van der Waals surface area contributed by atoms with Gasteiger partial charge in [-0.2, -0.15) is 0 Å². The summed E-state index contributed by atoms with van der Waals surface area (Å²) in [4.78, 5) is 24.8. The molecule has 2 heterocycles. The second kappa shape index (κ2) is 8.50. The van der Waals surface area contributed by atoms with Crippen LogP contribution in [0.15, 0.2) is 40.8 Å². The van der Waals surface area contributed by atoms with E-state index in [1.807, 2.05) is 45.0 Å². The van der Waals surface area contributed by atoms with E-state index < -0.39 is 5.60 Å². The predicted molar refractivity (Wildman–Crippen MR) is 106 cm³/mol. The van der Waals surface area contributed by atoms with Crippen LogP contribution >= 0.6 is 0 Å². The summed E-state index contributed by atoms with van der Waals surface area (Å²) in [7, 11) is 0. The van der Waals surface area contributed by atoms with Gasteiger partial charge in [0.2, 0.25) is 0 Å². The average molecular weight is 385 g/mol. The minimum Gasteiger partial charge on any atom is -0.493 e. The molecule has 1 aromatic heterocycles. The molecule has 0 saturated carbocycles. The van der Waals surface area contributed by atoms with Crippen molar-refractivity contribution in [3.63, 3.8) is 0 Å². The Morgan fingerprint density at radius 2 is 1.89 bits per heavy atom. The lowest BCUT2D eigenvalue weighted by molar-refractivity contribution is 0.0165. The molecular weight excluding hydrogens is 358 g/mol. The van der Waals surface area contributed by atoms with Crippen molar-refractivity contribution in [1.29, 1.82) is 0 Å². The molecule has 3 rings (SSSR count). The molecule has 1 fully saturated rings. The third-order valence-corrected chi connectivity index (χ3v) is 4.64. The van der Waals surface area contributed by atoms with Crippen molar-refractivity contribution in [2.24, 2.45) is 5.92 Å². The summed E-state index contributed by atoms with van der Waals surface area (Å²) < 4.78 is 17.0. The third-order valence-electron chi connectivity index (χ3n) is 4.64. The second-order valence-electron chi connectivity index (χ2n) is 8.04. The molecule has 0 aliphatic carbocycles. The number of benzene rings is 1. The van der Waals surface area contributed by atoms with Gasteiger partial charge in [0, 0.05) is 13.1 Å². The zero-order valence-electron chi connectivity index (χ0n) is 16.6. The van der Waals surface area contributed by atoms with Gasteiger partial charge in [0.05, 0.1) is 12.2 Å². The van der Waals surface area contributed by atoms with Crippen molar-refractivity contribution in [1.82, 2.24) is 4.90 Å².